The van der Waals surface area contributed by atoms with Gasteiger partial charge in [0.15, 0.2) is 0 Å². The minimum atomic E-state index is 0.422. The van der Waals surface area contributed by atoms with Gasteiger partial charge in [0.1, 0.15) is 0 Å². The van der Waals surface area contributed by atoms with E-state index in [0.717, 1.165) is 19.4 Å². The summed E-state index contributed by atoms with van der Waals surface area (Å²) in [5.41, 5.74) is 9.58. The molecule has 21 heavy (non-hydrogen) atoms. The molecule has 2 aromatic rings. The first-order chi connectivity index (χ1) is 10.3. The Morgan fingerprint density at radius 2 is 1.67 bits per heavy atom. The van der Waals surface area contributed by atoms with Crippen LogP contribution in [0.4, 0.5) is 0 Å². The second kappa shape index (κ2) is 8.60. The number of aryl methyl sites for hydroxylation is 1. The van der Waals surface area contributed by atoms with Crippen LogP contribution in [-0.4, -0.2) is 13.2 Å². The van der Waals surface area contributed by atoms with Crippen molar-refractivity contribution in [3.8, 4) is 0 Å². The first-order valence-corrected chi connectivity index (χ1v) is 7.70. The van der Waals surface area contributed by atoms with Crippen LogP contribution in [0.5, 0.6) is 0 Å². The summed E-state index contributed by atoms with van der Waals surface area (Å²) in [5.74, 6) is 0.422. The van der Waals surface area contributed by atoms with Gasteiger partial charge in [0.25, 0.3) is 0 Å². The second-order valence-corrected chi connectivity index (χ2v) is 5.52. The van der Waals surface area contributed by atoms with E-state index in [9.17, 15) is 0 Å². The predicted octanol–water partition coefficient (Wildman–Crippen LogP) is 3.90. The molecule has 2 aromatic carbocycles. The Balaban J connectivity index is 1.67. The summed E-state index contributed by atoms with van der Waals surface area (Å²) >= 11 is 0. The van der Waals surface area contributed by atoms with Crippen LogP contribution < -0.4 is 5.73 Å². The van der Waals surface area contributed by atoms with Gasteiger partial charge < -0.3 is 10.5 Å². The van der Waals surface area contributed by atoms with Crippen LogP contribution in [0.1, 0.15) is 36.0 Å². The summed E-state index contributed by atoms with van der Waals surface area (Å²) in [6.45, 7) is 4.33. The molecular weight excluding hydrogens is 258 g/mol. The molecule has 0 bridgehead atoms. The fourth-order valence-corrected chi connectivity index (χ4v) is 2.29. The van der Waals surface area contributed by atoms with Crippen molar-refractivity contribution in [3.05, 3.63) is 71.3 Å². The molecule has 0 aliphatic carbocycles. The van der Waals surface area contributed by atoms with Gasteiger partial charge in [0.2, 0.25) is 0 Å². The van der Waals surface area contributed by atoms with Gasteiger partial charge in [-0.15, -0.1) is 0 Å². The van der Waals surface area contributed by atoms with E-state index in [-0.39, 0.29) is 0 Å². The van der Waals surface area contributed by atoms with E-state index in [2.05, 4.69) is 61.5 Å². The first kappa shape index (κ1) is 15.7. The molecular formula is C19H25NO. The monoisotopic (exact) mass is 283 g/mol. The molecule has 2 nitrogen and oxygen atoms in total. The highest BCUT2D eigenvalue weighted by molar-refractivity contribution is 5.24. The number of ether oxygens (including phenoxy) is 1. The highest BCUT2D eigenvalue weighted by Crippen LogP contribution is 2.15. The van der Waals surface area contributed by atoms with E-state index in [1.807, 2.05) is 0 Å². The third-order valence-electron chi connectivity index (χ3n) is 3.77. The van der Waals surface area contributed by atoms with Crippen LogP contribution in [-0.2, 0) is 17.8 Å². The topological polar surface area (TPSA) is 35.2 Å². The Morgan fingerprint density at radius 1 is 0.952 bits per heavy atom. The van der Waals surface area contributed by atoms with Crippen LogP contribution >= 0.6 is 0 Å². The maximum atomic E-state index is 5.74. The van der Waals surface area contributed by atoms with E-state index in [0.29, 0.717) is 19.1 Å². The molecule has 0 spiro atoms. The predicted molar refractivity (Wildman–Crippen MR) is 88.3 cm³/mol. The molecule has 0 fully saturated rings. The van der Waals surface area contributed by atoms with Crippen molar-refractivity contribution in [2.75, 3.05) is 13.2 Å². The average Bonchev–Trinajstić information content (AvgIpc) is 2.55. The summed E-state index contributed by atoms with van der Waals surface area (Å²) in [6.07, 6.45) is 2.14. The molecule has 2 heteroatoms. The molecule has 1 unspecified atom stereocenters. The summed E-state index contributed by atoms with van der Waals surface area (Å²) in [5, 5.41) is 0. The van der Waals surface area contributed by atoms with Gasteiger partial charge in [0, 0.05) is 6.61 Å². The Kier molecular flexibility index (Phi) is 6.45. The molecule has 0 radical (unpaired) electrons. The number of hydrogen-bond acceptors (Lipinski definition) is 2. The van der Waals surface area contributed by atoms with Crippen LogP contribution in [0.15, 0.2) is 54.6 Å². The zero-order valence-electron chi connectivity index (χ0n) is 12.8. The molecule has 0 saturated carbocycles. The van der Waals surface area contributed by atoms with Crippen LogP contribution in [0.2, 0.25) is 0 Å². The van der Waals surface area contributed by atoms with E-state index >= 15 is 0 Å². The van der Waals surface area contributed by atoms with Crippen molar-refractivity contribution < 1.29 is 4.74 Å². The molecule has 112 valence electrons. The number of rotatable bonds is 8. The van der Waals surface area contributed by atoms with Gasteiger partial charge in [-0.1, -0.05) is 61.5 Å². The van der Waals surface area contributed by atoms with E-state index in [4.69, 9.17) is 10.5 Å². The molecule has 0 aliphatic rings. The minimum absolute atomic E-state index is 0.422. The van der Waals surface area contributed by atoms with Crippen molar-refractivity contribution in [1.29, 1.82) is 0 Å². The van der Waals surface area contributed by atoms with Crippen molar-refractivity contribution in [2.45, 2.75) is 32.3 Å². The second-order valence-electron chi connectivity index (χ2n) is 5.52. The Labute approximate surface area is 127 Å². The summed E-state index contributed by atoms with van der Waals surface area (Å²) in [7, 11) is 0. The Bertz CT molecular complexity index is 507. The normalized spacial score (nSPS) is 12.3. The zero-order chi connectivity index (χ0) is 14.9. The lowest BCUT2D eigenvalue weighted by Gasteiger charge is -2.10. The SMILES string of the molecule is CC(CN)c1ccc(COCCCc2ccccc2)cc1. The van der Waals surface area contributed by atoms with Gasteiger partial charge in [-0.05, 0) is 42.0 Å². The third kappa shape index (κ3) is 5.33. The zero-order valence-corrected chi connectivity index (χ0v) is 12.8. The van der Waals surface area contributed by atoms with Gasteiger partial charge in [-0.3, -0.25) is 0 Å². The van der Waals surface area contributed by atoms with Gasteiger partial charge in [-0.2, -0.15) is 0 Å². The largest absolute Gasteiger partial charge is 0.377 e. The molecule has 0 saturated heterocycles. The summed E-state index contributed by atoms with van der Waals surface area (Å²) in [4.78, 5) is 0. The van der Waals surface area contributed by atoms with Crippen molar-refractivity contribution >= 4 is 0 Å². The fourth-order valence-electron chi connectivity index (χ4n) is 2.29. The van der Waals surface area contributed by atoms with Crippen LogP contribution in [0, 0.1) is 0 Å². The van der Waals surface area contributed by atoms with E-state index in [1.165, 1.54) is 16.7 Å². The lowest BCUT2D eigenvalue weighted by molar-refractivity contribution is 0.118. The smallest absolute Gasteiger partial charge is 0.0716 e. The molecule has 0 heterocycles. The molecule has 0 aromatic heterocycles. The number of benzene rings is 2. The Morgan fingerprint density at radius 3 is 2.33 bits per heavy atom. The summed E-state index contributed by atoms with van der Waals surface area (Å²) < 4.78 is 5.74. The molecule has 0 aliphatic heterocycles. The molecule has 2 rings (SSSR count). The summed E-state index contributed by atoms with van der Waals surface area (Å²) in [6, 6.07) is 19.1. The fraction of sp³-hybridized carbons (Fsp3) is 0.368. The van der Waals surface area contributed by atoms with Gasteiger partial charge in [-0.25, -0.2) is 0 Å². The number of nitrogens with two attached hydrogens (primary N) is 1. The van der Waals surface area contributed by atoms with Crippen LogP contribution in [0.3, 0.4) is 0 Å². The lowest BCUT2D eigenvalue weighted by atomic mass is 10.0. The maximum Gasteiger partial charge on any atom is 0.0716 e. The standard InChI is InChI=1S/C19H25NO/c1-16(14-20)19-11-9-18(10-12-19)15-21-13-5-8-17-6-3-2-4-7-17/h2-4,6-7,9-12,16H,5,8,13-15,20H2,1H3. The van der Waals surface area contributed by atoms with Crippen molar-refractivity contribution in [3.63, 3.8) is 0 Å². The molecule has 0 amide bonds. The number of hydrogen-bond donors (Lipinski definition) is 1. The highest BCUT2D eigenvalue weighted by atomic mass is 16.5. The quantitative estimate of drug-likeness (QED) is 0.746. The van der Waals surface area contributed by atoms with Gasteiger partial charge in [0.05, 0.1) is 6.61 Å². The molecule has 2 N–H and O–H groups in total. The minimum Gasteiger partial charge on any atom is -0.377 e. The lowest BCUT2D eigenvalue weighted by Crippen LogP contribution is -2.08. The van der Waals surface area contributed by atoms with Crippen molar-refractivity contribution in [1.82, 2.24) is 0 Å². The maximum absolute atomic E-state index is 5.74. The molecule has 1 atom stereocenters. The van der Waals surface area contributed by atoms with Gasteiger partial charge >= 0.3 is 0 Å². The highest BCUT2D eigenvalue weighted by Gasteiger charge is 2.02. The average molecular weight is 283 g/mol. The van der Waals surface area contributed by atoms with E-state index < -0.39 is 0 Å². The Hall–Kier alpha value is -1.64. The van der Waals surface area contributed by atoms with Crippen molar-refractivity contribution in [2.24, 2.45) is 5.73 Å². The third-order valence-corrected chi connectivity index (χ3v) is 3.77. The van der Waals surface area contributed by atoms with Crippen LogP contribution in [0.25, 0.3) is 0 Å². The van der Waals surface area contributed by atoms with E-state index in [1.54, 1.807) is 0 Å². The first-order valence-electron chi connectivity index (χ1n) is 7.70.